The van der Waals surface area contributed by atoms with Gasteiger partial charge in [0.1, 0.15) is 0 Å². The quantitative estimate of drug-likeness (QED) is 0.253. The van der Waals surface area contributed by atoms with Crippen molar-refractivity contribution in [2.75, 3.05) is 0 Å². The first-order valence-corrected chi connectivity index (χ1v) is 0. The van der Waals surface area contributed by atoms with Crippen molar-refractivity contribution in [1.82, 2.24) is 0 Å². The molecule has 0 aromatic heterocycles. The molecule has 4 radical (unpaired) electrons. The Balaban J connectivity index is 0. The molecule has 0 unspecified atom stereocenters. The van der Waals surface area contributed by atoms with Crippen molar-refractivity contribution in [3.63, 3.8) is 0 Å². The summed E-state index contributed by atoms with van der Waals surface area (Å²) in [6, 6.07) is 0. The van der Waals surface area contributed by atoms with Gasteiger partial charge in [0.15, 0.2) is 0 Å². The van der Waals surface area contributed by atoms with Crippen molar-refractivity contribution in [3.05, 3.63) is 0 Å². The van der Waals surface area contributed by atoms with Gasteiger partial charge in [-0.2, -0.15) is 0 Å². The van der Waals surface area contributed by atoms with Crippen LogP contribution in [0.4, 0.5) is 0 Å². The molecule has 0 aromatic carbocycles. The van der Waals surface area contributed by atoms with Gasteiger partial charge in [0.2, 0.25) is 0 Å². The average molecular weight is 888 g/mol. The van der Waals surface area contributed by atoms with Crippen molar-refractivity contribution < 1.29 is 83.1 Å². The Bertz CT molecular complexity index is 14.4. The molecule has 0 aliphatic heterocycles. The Morgan fingerprint density at radius 2 is 0.273 bits per heavy atom. The minimum atomic E-state index is 0. The zero-order chi connectivity index (χ0) is 0. The zero-order valence-electron chi connectivity index (χ0n) is 4.75. The average Bonchev–Trinajstić information content (AvgIpc) is 0. The number of hydrogen-bond donors (Lipinski definition) is 0. The Labute approximate surface area is 136 Å². The second kappa shape index (κ2) is 204. The molecule has 0 heterocycles. The van der Waals surface area contributed by atoms with E-state index in [2.05, 4.69) is 0 Å². The maximum Gasteiger partial charge on any atom is 5.00 e. The van der Waals surface area contributed by atoms with Crippen LogP contribution >= 0.6 is 0 Å². The molecule has 0 N–H and O–H groups in total. The van der Waals surface area contributed by atoms with E-state index < -0.39 is 0 Å². The molecule has 0 aliphatic carbocycles. The molecule has 0 saturated heterocycles. The molecule has 0 aliphatic rings. The fraction of sp³-hybridized carbons (Fsp3) is 0. The zero-order valence-corrected chi connectivity index (χ0v) is 19.0. The molecule has 11 heavy (non-hydrogen) atoms. The van der Waals surface area contributed by atoms with Crippen LogP contribution in [0.1, 0.15) is 0 Å². The fourth-order valence-electron chi connectivity index (χ4n) is 0. The van der Waals surface area contributed by atoms with Crippen LogP contribution in [0.25, 0.3) is 0 Å². The van der Waals surface area contributed by atoms with Gasteiger partial charge in [-0.1, -0.05) is 0 Å². The Morgan fingerprint density at radius 1 is 0.273 bits per heavy atom. The monoisotopic (exact) mass is 890 g/mol. The van der Waals surface area contributed by atoms with E-state index >= 15 is 0 Å². The summed E-state index contributed by atoms with van der Waals surface area (Å²) in [6.45, 7) is 0. The SMILES string of the molecule is [O-2].[O-2].[O-2].[O-2].[O-2].[O-2].[O-2].[Pb+2].[Pb+2].[Ta+5].[Ta+5]. The van der Waals surface area contributed by atoms with Crippen molar-refractivity contribution >= 4 is 54.6 Å². The minimum absolute atomic E-state index is 0. The van der Waals surface area contributed by atoms with Crippen molar-refractivity contribution in [3.8, 4) is 0 Å². The molecule has 7 nitrogen and oxygen atoms in total. The third-order valence-corrected chi connectivity index (χ3v) is 0. The molecule has 0 amide bonds. The summed E-state index contributed by atoms with van der Waals surface area (Å²) in [5.41, 5.74) is 0. The van der Waals surface area contributed by atoms with E-state index in [4.69, 9.17) is 0 Å². The van der Waals surface area contributed by atoms with E-state index in [-0.39, 0.29) is 138 Å². The third kappa shape index (κ3) is 172. The summed E-state index contributed by atoms with van der Waals surface area (Å²) in [7, 11) is 0. The van der Waals surface area contributed by atoms with Crippen molar-refractivity contribution in [1.29, 1.82) is 0 Å². The normalized spacial score (nSPS) is 0. The maximum atomic E-state index is 0. The van der Waals surface area contributed by atoms with Crippen LogP contribution in [0, 0.1) is 0 Å². The predicted octanol–water partition coefficient (Wildman–Crippen LogP) is -1.60. The minimum Gasteiger partial charge on any atom is -2.00 e. The molecule has 0 fully saturated rings. The van der Waals surface area contributed by atoms with Gasteiger partial charge in [0.05, 0.1) is 0 Å². The van der Waals surface area contributed by atoms with Gasteiger partial charge in [-0.05, 0) is 0 Å². The summed E-state index contributed by atoms with van der Waals surface area (Å²) in [4.78, 5) is 0. The fourth-order valence-corrected chi connectivity index (χ4v) is 0. The molecule has 60 valence electrons. The van der Waals surface area contributed by atoms with E-state index in [1.54, 1.807) is 0 Å². The molecule has 0 bridgehead atoms. The molecule has 0 atom stereocenters. The van der Waals surface area contributed by atoms with Gasteiger partial charge in [-0.3, -0.25) is 0 Å². The Hall–Kier alpha value is 3.04. The predicted molar refractivity (Wildman–Crippen MR) is 16.3 cm³/mol. The molecule has 0 spiro atoms. The summed E-state index contributed by atoms with van der Waals surface area (Å²) >= 11 is 0. The summed E-state index contributed by atoms with van der Waals surface area (Å²) in [6.07, 6.45) is 0. The van der Waals surface area contributed by atoms with E-state index in [0.717, 1.165) is 0 Å². The van der Waals surface area contributed by atoms with Gasteiger partial charge >= 0.3 is 99.4 Å². The third-order valence-electron chi connectivity index (χ3n) is 0. The van der Waals surface area contributed by atoms with Crippen LogP contribution in [0.3, 0.4) is 0 Å². The first kappa shape index (κ1) is 258. The van der Waals surface area contributed by atoms with Gasteiger partial charge in [0.25, 0.3) is 0 Å². The van der Waals surface area contributed by atoms with Crippen LogP contribution in [0.15, 0.2) is 0 Å². The molecule has 0 rings (SSSR count). The van der Waals surface area contributed by atoms with E-state index in [1.807, 2.05) is 0 Å². The molecular weight excluding hydrogens is 888 g/mol. The van der Waals surface area contributed by atoms with Crippen molar-refractivity contribution in [2.45, 2.75) is 0 Å². The molecule has 0 aromatic rings. The summed E-state index contributed by atoms with van der Waals surface area (Å²) < 4.78 is 0. The molecule has 0 saturated carbocycles. The van der Waals surface area contributed by atoms with Gasteiger partial charge in [0, 0.05) is 0 Å². The van der Waals surface area contributed by atoms with Gasteiger partial charge in [-0.15, -0.1) is 0 Å². The molecular formula is O7Pb2Ta2. The van der Waals surface area contributed by atoms with Gasteiger partial charge < -0.3 is 38.3 Å². The standard InChI is InChI=1S/7O.2Pb.2Ta/q7*-2;2*+2;2*+5. The van der Waals surface area contributed by atoms with Crippen molar-refractivity contribution in [2.24, 2.45) is 0 Å². The van der Waals surface area contributed by atoms with E-state index in [9.17, 15) is 0 Å². The van der Waals surface area contributed by atoms with E-state index in [1.165, 1.54) is 0 Å². The molecule has 11 heteroatoms. The van der Waals surface area contributed by atoms with Crippen LogP contribution in [-0.2, 0) is 83.1 Å². The van der Waals surface area contributed by atoms with Crippen LogP contribution in [0.2, 0.25) is 0 Å². The van der Waals surface area contributed by atoms with E-state index in [0.29, 0.717) is 0 Å². The maximum absolute atomic E-state index is 0. The van der Waals surface area contributed by atoms with Gasteiger partial charge in [-0.25, -0.2) is 0 Å². The Morgan fingerprint density at radius 3 is 0.273 bits per heavy atom. The smallest absolute Gasteiger partial charge is 2.00 e. The number of rotatable bonds is 0. The summed E-state index contributed by atoms with van der Waals surface area (Å²) in [5.74, 6) is 0. The second-order valence-corrected chi connectivity index (χ2v) is 0. The Kier molecular flexibility index (Phi) is 4780. The summed E-state index contributed by atoms with van der Waals surface area (Å²) in [5, 5.41) is 0. The topological polar surface area (TPSA) is 200 Å². The second-order valence-electron chi connectivity index (χ2n) is 0. The largest absolute Gasteiger partial charge is 5.00 e. The first-order chi connectivity index (χ1) is 0. The first-order valence-electron chi connectivity index (χ1n) is 0. The van der Waals surface area contributed by atoms with Crippen LogP contribution < -0.4 is 0 Å². The van der Waals surface area contributed by atoms with Crippen LogP contribution in [-0.4, -0.2) is 54.6 Å². The number of hydrogen-bond acceptors (Lipinski definition) is 0. The van der Waals surface area contributed by atoms with Crippen LogP contribution in [0.5, 0.6) is 0 Å².